The van der Waals surface area contributed by atoms with Crippen molar-refractivity contribution in [2.24, 2.45) is 0 Å². The Morgan fingerprint density at radius 3 is 2.48 bits per heavy atom. The molecule has 0 saturated heterocycles. The lowest BCUT2D eigenvalue weighted by atomic mass is 9.93. The molecule has 2 aromatic rings. The Morgan fingerprint density at radius 1 is 1.13 bits per heavy atom. The van der Waals surface area contributed by atoms with Gasteiger partial charge in [-0.25, -0.2) is 4.39 Å². The van der Waals surface area contributed by atoms with E-state index < -0.39 is 0 Å². The number of aromatic hydroxyl groups is 1. The number of anilines is 1. The van der Waals surface area contributed by atoms with Crippen LogP contribution in [0.4, 0.5) is 10.1 Å². The average molecular weight is 315 g/mol. The van der Waals surface area contributed by atoms with Crippen LogP contribution >= 0.6 is 0 Å². The zero-order valence-electron chi connectivity index (χ0n) is 13.6. The summed E-state index contributed by atoms with van der Waals surface area (Å²) in [7, 11) is 0. The van der Waals surface area contributed by atoms with Crippen molar-refractivity contribution in [3.8, 4) is 11.5 Å². The van der Waals surface area contributed by atoms with Crippen molar-refractivity contribution in [2.75, 3.05) is 11.4 Å². The lowest BCUT2D eigenvalue weighted by molar-refractivity contribution is 0.0568. The van der Waals surface area contributed by atoms with Crippen LogP contribution < -0.4 is 9.64 Å². The third kappa shape index (κ3) is 3.11. The molecule has 1 aliphatic rings. The molecular weight excluding hydrogens is 293 g/mol. The van der Waals surface area contributed by atoms with Gasteiger partial charge in [0.2, 0.25) is 0 Å². The van der Waals surface area contributed by atoms with E-state index in [1.807, 2.05) is 18.2 Å². The molecule has 1 heterocycles. The summed E-state index contributed by atoms with van der Waals surface area (Å²) in [5, 5.41) is 9.77. The Hall–Kier alpha value is -2.23. The Bertz CT molecular complexity index is 680. The second kappa shape index (κ2) is 6.11. The molecule has 0 radical (unpaired) electrons. The lowest BCUT2D eigenvalue weighted by Crippen LogP contribution is -2.50. The van der Waals surface area contributed by atoms with Crippen molar-refractivity contribution >= 4 is 5.69 Å². The highest BCUT2D eigenvalue weighted by Crippen LogP contribution is 2.42. The molecule has 0 saturated carbocycles. The van der Waals surface area contributed by atoms with Crippen LogP contribution in [0.15, 0.2) is 42.5 Å². The summed E-state index contributed by atoms with van der Waals surface area (Å²) >= 11 is 0. The second-order valence-electron chi connectivity index (χ2n) is 6.13. The molecule has 0 aromatic heterocycles. The number of nitrogens with zero attached hydrogens (tertiary/aromatic N) is 1. The third-order valence-electron chi connectivity index (χ3n) is 4.66. The van der Waals surface area contributed by atoms with Crippen LogP contribution in [-0.2, 0) is 6.54 Å². The maximum Gasteiger partial charge on any atom is 0.147 e. The Morgan fingerprint density at radius 2 is 1.83 bits per heavy atom. The van der Waals surface area contributed by atoms with Gasteiger partial charge in [0.1, 0.15) is 22.9 Å². The monoisotopic (exact) mass is 315 g/mol. The van der Waals surface area contributed by atoms with Crippen LogP contribution in [0.25, 0.3) is 0 Å². The van der Waals surface area contributed by atoms with E-state index in [0.29, 0.717) is 12.3 Å². The number of hydrogen-bond donors (Lipinski definition) is 1. The molecule has 122 valence electrons. The smallest absolute Gasteiger partial charge is 0.147 e. The molecule has 3 rings (SSSR count). The van der Waals surface area contributed by atoms with Gasteiger partial charge >= 0.3 is 0 Å². The van der Waals surface area contributed by atoms with Crippen LogP contribution in [0.1, 0.15) is 32.3 Å². The number of benzene rings is 2. The number of halogens is 1. The molecule has 0 spiro atoms. The zero-order chi connectivity index (χ0) is 16.4. The van der Waals surface area contributed by atoms with Gasteiger partial charge in [0.15, 0.2) is 0 Å². The van der Waals surface area contributed by atoms with Crippen LogP contribution in [-0.4, -0.2) is 17.3 Å². The second-order valence-corrected chi connectivity index (χ2v) is 6.13. The largest absolute Gasteiger partial charge is 0.508 e. The fraction of sp³-hybridized carbons (Fsp3) is 0.368. The van der Waals surface area contributed by atoms with E-state index in [9.17, 15) is 9.50 Å². The summed E-state index contributed by atoms with van der Waals surface area (Å²) in [5.41, 5.74) is 1.75. The first-order valence-electron chi connectivity index (χ1n) is 8.06. The van der Waals surface area contributed by atoms with Gasteiger partial charge in [-0.15, -0.1) is 0 Å². The number of fused-ring (bicyclic) bond motifs is 1. The van der Waals surface area contributed by atoms with Crippen molar-refractivity contribution in [2.45, 2.75) is 38.8 Å². The molecule has 1 aliphatic heterocycles. The van der Waals surface area contributed by atoms with E-state index in [1.54, 1.807) is 12.1 Å². The average Bonchev–Trinajstić information content (AvgIpc) is 2.56. The molecule has 4 heteroatoms. The molecule has 1 N–H and O–H groups in total. The lowest BCUT2D eigenvalue weighted by Gasteiger charge is -2.44. The third-order valence-corrected chi connectivity index (χ3v) is 4.66. The topological polar surface area (TPSA) is 32.7 Å². The molecule has 0 fully saturated rings. The van der Waals surface area contributed by atoms with Gasteiger partial charge in [-0.05, 0) is 42.7 Å². The van der Waals surface area contributed by atoms with E-state index in [2.05, 4.69) is 18.7 Å². The van der Waals surface area contributed by atoms with E-state index in [0.717, 1.165) is 30.6 Å². The number of phenolic OH excluding ortho intramolecular Hbond substituents is 1. The van der Waals surface area contributed by atoms with Gasteiger partial charge < -0.3 is 14.7 Å². The van der Waals surface area contributed by atoms with Crippen molar-refractivity contribution in [1.29, 1.82) is 0 Å². The van der Waals surface area contributed by atoms with Crippen LogP contribution in [0.2, 0.25) is 0 Å². The predicted octanol–water partition coefficient (Wildman–Crippen LogP) is 4.49. The normalized spacial score (nSPS) is 15.9. The van der Waals surface area contributed by atoms with Gasteiger partial charge in [-0.2, -0.15) is 0 Å². The van der Waals surface area contributed by atoms with Crippen molar-refractivity contribution in [3.63, 3.8) is 0 Å². The Labute approximate surface area is 136 Å². The number of hydrogen-bond acceptors (Lipinski definition) is 3. The fourth-order valence-corrected chi connectivity index (χ4v) is 3.11. The van der Waals surface area contributed by atoms with E-state index in [1.165, 1.54) is 12.1 Å². The van der Waals surface area contributed by atoms with Gasteiger partial charge in [0.25, 0.3) is 0 Å². The molecule has 23 heavy (non-hydrogen) atoms. The number of rotatable bonds is 4. The van der Waals surface area contributed by atoms with E-state index in [4.69, 9.17) is 4.74 Å². The summed E-state index contributed by atoms with van der Waals surface area (Å²) in [4.78, 5) is 2.25. The summed E-state index contributed by atoms with van der Waals surface area (Å²) < 4.78 is 19.3. The standard InChI is InChI=1S/C19H22FNO2/c1-3-19(4-2)13-21(12-14-5-7-15(20)8-6-14)17-10-9-16(22)11-18(17)23-19/h5-11,22H,3-4,12-13H2,1-2H3. The zero-order valence-corrected chi connectivity index (χ0v) is 13.6. The minimum atomic E-state index is -0.263. The predicted molar refractivity (Wildman–Crippen MR) is 89.5 cm³/mol. The van der Waals surface area contributed by atoms with Crippen molar-refractivity contribution < 1.29 is 14.2 Å². The highest BCUT2D eigenvalue weighted by Gasteiger charge is 2.37. The van der Waals surface area contributed by atoms with Crippen molar-refractivity contribution in [1.82, 2.24) is 0 Å². The van der Waals surface area contributed by atoms with Gasteiger partial charge in [0.05, 0.1) is 12.2 Å². The van der Waals surface area contributed by atoms with Gasteiger partial charge in [0, 0.05) is 12.6 Å². The quantitative estimate of drug-likeness (QED) is 0.902. The fourth-order valence-electron chi connectivity index (χ4n) is 3.11. The summed E-state index contributed by atoms with van der Waals surface area (Å²) in [6, 6.07) is 11.8. The maximum absolute atomic E-state index is 13.1. The highest BCUT2D eigenvalue weighted by molar-refractivity contribution is 5.63. The number of phenols is 1. The van der Waals surface area contributed by atoms with E-state index in [-0.39, 0.29) is 17.2 Å². The molecule has 0 atom stereocenters. The Kier molecular flexibility index (Phi) is 4.16. The molecule has 0 amide bonds. The van der Waals surface area contributed by atoms with Crippen LogP contribution in [0, 0.1) is 5.82 Å². The molecule has 2 aromatic carbocycles. The first kappa shape index (κ1) is 15.7. The Balaban J connectivity index is 1.96. The molecular formula is C19H22FNO2. The summed E-state index contributed by atoms with van der Waals surface area (Å²) in [5.74, 6) is 0.688. The summed E-state index contributed by atoms with van der Waals surface area (Å²) in [6.07, 6.45) is 1.77. The van der Waals surface area contributed by atoms with Crippen LogP contribution in [0.5, 0.6) is 11.5 Å². The minimum Gasteiger partial charge on any atom is -0.508 e. The SMILES string of the molecule is CCC1(CC)CN(Cc2ccc(F)cc2)c2ccc(O)cc2O1. The minimum absolute atomic E-state index is 0.202. The van der Waals surface area contributed by atoms with Crippen molar-refractivity contribution in [3.05, 3.63) is 53.8 Å². The van der Waals surface area contributed by atoms with E-state index >= 15 is 0 Å². The van der Waals surface area contributed by atoms with Gasteiger partial charge in [-0.1, -0.05) is 26.0 Å². The molecule has 0 unspecified atom stereocenters. The first-order chi connectivity index (χ1) is 11.0. The first-order valence-corrected chi connectivity index (χ1v) is 8.06. The number of ether oxygens (including phenoxy) is 1. The summed E-state index contributed by atoms with van der Waals surface area (Å²) in [6.45, 7) is 5.69. The van der Waals surface area contributed by atoms with Crippen LogP contribution in [0.3, 0.4) is 0 Å². The molecule has 0 bridgehead atoms. The molecule has 3 nitrogen and oxygen atoms in total. The molecule has 0 aliphatic carbocycles. The van der Waals surface area contributed by atoms with Gasteiger partial charge in [-0.3, -0.25) is 0 Å². The highest BCUT2D eigenvalue weighted by atomic mass is 19.1. The maximum atomic E-state index is 13.1.